The van der Waals surface area contributed by atoms with Gasteiger partial charge in [-0.15, -0.1) is 0 Å². The first kappa shape index (κ1) is 15.5. The Morgan fingerprint density at radius 2 is 2.48 bits per heavy atom. The van der Waals surface area contributed by atoms with E-state index in [1.165, 1.54) is 0 Å². The SMILES string of the molecule is O=[N+]([O-])/C=C(/NCC1CCCO1)NNc1ccc(Br)cn1. The number of hydrazine groups is 1. The fraction of sp³-hybridized carbons (Fsp3) is 0.417. The summed E-state index contributed by atoms with van der Waals surface area (Å²) in [5.74, 6) is 0.798. The molecule has 0 spiro atoms. The lowest BCUT2D eigenvalue weighted by Crippen LogP contribution is -2.35. The highest BCUT2D eigenvalue weighted by molar-refractivity contribution is 9.10. The number of hydrogen-bond donors (Lipinski definition) is 3. The van der Waals surface area contributed by atoms with Crippen LogP contribution in [0, 0.1) is 10.1 Å². The first-order valence-electron chi connectivity index (χ1n) is 6.48. The molecule has 1 aromatic heterocycles. The Morgan fingerprint density at radius 1 is 1.62 bits per heavy atom. The second kappa shape index (κ2) is 7.79. The molecule has 1 fully saturated rings. The Kier molecular flexibility index (Phi) is 5.76. The average molecular weight is 358 g/mol. The van der Waals surface area contributed by atoms with E-state index in [0.29, 0.717) is 12.4 Å². The normalized spacial score (nSPS) is 18.3. The van der Waals surface area contributed by atoms with E-state index in [1.54, 1.807) is 12.3 Å². The molecule has 114 valence electrons. The van der Waals surface area contributed by atoms with Gasteiger partial charge in [0.15, 0.2) is 5.82 Å². The summed E-state index contributed by atoms with van der Waals surface area (Å²) < 4.78 is 6.31. The minimum atomic E-state index is -0.526. The van der Waals surface area contributed by atoms with Gasteiger partial charge in [0.05, 0.1) is 11.0 Å². The number of aromatic nitrogens is 1. The van der Waals surface area contributed by atoms with Crippen LogP contribution in [0.2, 0.25) is 0 Å². The van der Waals surface area contributed by atoms with E-state index in [2.05, 4.69) is 37.1 Å². The predicted molar refractivity (Wildman–Crippen MR) is 80.7 cm³/mol. The second-order valence-corrected chi connectivity index (χ2v) is 5.37. The lowest BCUT2D eigenvalue weighted by molar-refractivity contribution is -0.404. The molecule has 2 heterocycles. The maximum absolute atomic E-state index is 10.6. The molecule has 8 nitrogen and oxygen atoms in total. The van der Waals surface area contributed by atoms with E-state index < -0.39 is 4.92 Å². The summed E-state index contributed by atoms with van der Waals surface area (Å²) in [4.78, 5) is 14.2. The van der Waals surface area contributed by atoms with Crippen LogP contribution in [0.3, 0.4) is 0 Å². The molecule has 1 saturated heterocycles. The molecule has 2 rings (SSSR count). The maximum Gasteiger partial charge on any atom is 0.275 e. The van der Waals surface area contributed by atoms with Crippen molar-refractivity contribution in [3.8, 4) is 0 Å². The number of pyridine rings is 1. The number of hydrogen-bond acceptors (Lipinski definition) is 7. The first-order chi connectivity index (χ1) is 10.1. The third-order valence-electron chi connectivity index (χ3n) is 2.83. The number of nitrogens with zero attached hydrogens (tertiary/aromatic N) is 2. The van der Waals surface area contributed by atoms with Crippen molar-refractivity contribution in [1.29, 1.82) is 0 Å². The largest absolute Gasteiger partial charge is 0.376 e. The molecule has 0 bridgehead atoms. The lowest BCUT2D eigenvalue weighted by atomic mass is 10.2. The van der Waals surface area contributed by atoms with Gasteiger partial charge in [-0.1, -0.05) is 0 Å². The topological polar surface area (TPSA) is 101 Å². The van der Waals surface area contributed by atoms with Crippen molar-refractivity contribution in [3.63, 3.8) is 0 Å². The number of ether oxygens (including phenoxy) is 1. The summed E-state index contributed by atoms with van der Waals surface area (Å²) in [5.41, 5.74) is 5.53. The van der Waals surface area contributed by atoms with E-state index in [4.69, 9.17) is 4.74 Å². The van der Waals surface area contributed by atoms with Gasteiger partial charge < -0.3 is 10.1 Å². The van der Waals surface area contributed by atoms with Crippen LogP contribution in [0.5, 0.6) is 0 Å². The zero-order valence-electron chi connectivity index (χ0n) is 11.2. The smallest absolute Gasteiger partial charge is 0.275 e. The Balaban J connectivity index is 1.86. The number of halogens is 1. The van der Waals surface area contributed by atoms with Gasteiger partial charge in [-0.2, -0.15) is 0 Å². The number of anilines is 1. The van der Waals surface area contributed by atoms with Crippen LogP contribution in [-0.2, 0) is 4.74 Å². The first-order valence-corrected chi connectivity index (χ1v) is 7.27. The molecule has 0 aliphatic carbocycles. The summed E-state index contributed by atoms with van der Waals surface area (Å²) >= 11 is 3.28. The molecule has 1 aliphatic rings. The predicted octanol–water partition coefficient (Wildman–Crippen LogP) is 1.60. The zero-order valence-corrected chi connectivity index (χ0v) is 12.8. The highest BCUT2D eigenvalue weighted by atomic mass is 79.9. The molecule has 1 aliphatic heterocycles. The molecular formula is C12H16BrN5O3. The summed E-state index contributed by atoms with van der Waals surface area (Å²) in [6, 6.07) is 3.55. The third-order valence-corrected chi connectivity index (χ3v) is 3.30. The standard InChI is InChI=1S/C12H16BrN5O3/c13-9-3-4-11(14-6-9)16-17-12(8-18(19)20)15-7-10-2-1-5-21-10/h3-4,6,8,10,15,17H,1-2,5,7H2,(H,14,16)/b12-8-. The Bertz CT molecular complexity index is 502. The molecule has 9 heteroatoms. The highest BCUT2D eigenvalue weighted by Gasteiger charge is 2.16. The molecule has 0 amide bonds. The molecule has 21 heavy (non-hydrogen) atoms. The number of nitro groups is 1. The van der Waals surface area contributed by atoms with Crippen LogP contribution in [0.1, 0.15) is 12.8 Å². The Hall–Kier alpha value is -1.87. The molecule has 1 unspecified atom stereocenters. The van der Waals surface area contributed by atoms with Crippen molar-refractivity contribution in [2.45, 2.75) is 18.9 Å². The number of nitrogens with one attached hydrogen (secondary N) is 3. The average Bonchev–Trinajstić information content (AvgIpc) is 2.96. The Labute approximate surface area is 130 Å². The lowest BCUT2D eigenvalue weighted by Gasteiger charge is -2.15. The van der Waals surface area contributed by atoms with E-state index in [-0.39, 0.29) is 11.9 Å². The molecule has 1 aromatic rings. The van der Waals surface area contributed by atoms with Crippen molar-refractivity contribution in [2.75, 3.05) is 18.6 Å². The quantitative estimate of drug-likeness (QED) is 0.503. The van der Waals surface area contributed by atoms with Crippen LogP contribution < -0.4 is 16.2 Å². The van der Waals surface area contributed by atoms with E-state index in [1.807, 2.05) is 6.07 Å². The van der Waals surface area contributed by atoms with Crippen molar-refractivity contribution in [3.05, 3.63) is 44.9 Å². The fourth-order valence-corrected chi connectivity index (χ4v) is 2.07. The number of rotatable bonds is 7. The van der Waals surface area contributed by atoms with Crippen LogP contribution in [0.4, 0.5) is 5.82 Å². The van der Waals surface area contributed by atoms with Crippen molar-refractivity contribution < 1.29 is 9.66 Å². The molecule has 3 N–H and O–H groups in total. The molecular weight excluding hydrogens is 342 g/mol. The van der Waals surface area contributed by atoms with E-state index >= 15 is 0 Å². The molecule has 0 radical (unpaired) electrons. The van der Waals surface area contributed by atoms with Gasteiger partial charge in [-0.3, -0.25) is 21.0 Å². The van der Waals surface area contributed by atoms with Gasteiger partial charge in [-0.05, 0) is 40.9 Å². The van der Waals surface area contributed by atoms with Gasteiger partial charge in [0.1, 0.15) is 5.82 Å². The van der Waals surface area contributed by atoms with Gasteiger partial charge in [0, 0.05) is 23.8 Å². The van der Waals surface area contributed by atoms with E-state index in [0.717, 1.165) is 30.1 Å². The van der Waals surface area contributed by atoms with Crippen LogP contribution in [0.25, 0.3) is 0 Å². The summed E-state index contributed by atoms with van der Waals surface area (Å²) in [5, 5.41) is 13.6. The Morgan fingerprint density at radius 3 is 3.10 bits per heavy atom. The van der Waals surface area contributed by atoms with Gasteiger partial charge in [-0.25, -0.2) is 4.98 Å². The second-order valence-electron chi connectivity index (χ2n) is 4.46. The molecule has 0 saturated carbocycles. The van der Waals surface area contributed by atoms with Crippen LogP contribution in [-0.4, -0.2) is 29.2 Å². The van der Waals surface area contributed by atoms with Crippen LogP contribution >= 0.6 is 15.9 Å². The minimum absolute atomic E-state index is 0.0905. The molecule has 0 aromatic carbocycles. The summed E-state index contributed by atoms with van der Waals surface area (Å²) in [6.07, 6.45) is 4.56. The van der Waals surface area contributed by atoms with Gasteiger partial charge in [0.2, 0.25) is 0 Å². The zero-order chi connectivity index (χ0) is 15.1. The summed E-state index contributed by atoms with van der Waals surface area (Å²) in [7, 11) is 0. The monoisotopic (exact) mass is 357 g/mol. The maximum atomic E-state index is 10.6. The van der Waals surface area contributed by atoms with Gasteiger partial charge in [0.25, 0.3) is 6.20 Å². The summed E-state index contributed by atoms with van der Waals surface area (Å²) in [6.45, 7) is 1.26. The van der Waals surface area contributed by atoms with Crippen molar-refractivity contribution in [1.82, 2.24) is 15.7 Å². The van der Waals surface area contributed by atoms with Crippen molar-refractivity contribution in [2.24, 2.45) is 0 Å². The van der Waals surface area contributed by atoms with Crippen LogP contribution in [0.15, 0.2) is 34.8 Å². The van der Waals surface area contributed by atoms with E-state index in [9.17, 15) is 10.1 Å². The fourth-order valence-electron chi connectivity index (χ4n) is 1.84. The van der Waals surface area contributed by atoms with Crippen molar-refractivity contribution >= 4 is 21.7 Å². The highest BCUT2D eigenvalue weighted by Crippen LogP contribution is 2.11. The van der Waals surface area contributed by atoms with Gasteiger partial charge >= 0.3 is 0 Å². The minimum Gasteiger partial charge on any atom is -0.376 e. The molecule has 1 atom stereocenters. The third kappa shape index (κ3) is 5.56.